The summed E-state index contributed by atoms with van der Waals surface area (Å²) in [6.45, 7) is 8.11. The molecule has 0 N–H and O–H groups in total. The highest BCUT2D eigenvalue weighted by molar-refractivity contribution is 5.86. The second kappa shape index (κ2) is 5.52. The maximum Gasteiger partial charge on any atom is 0.0773 e. The number of hydrogen-bond donors (Lipinski definition) is 0. The van der Waals surface area contributed by atoms with E-state index in [1.165, 1.54) is 11.1 Å². The van der Waals surface area contributed by atoms with E-state index in [0.29, 0.717) is 0 Å². The lowest BCUT2D eigenvalue weighted by Gasteiger charge is -2.19. The molecule has 2 aromatic carbocycles. The SMILES string of the molecule is Cc1cc(C)cc(-c2cc(C(C)(C)C#N)c3ccccc3n2)c1. The summed E-state index contributed by atoms with van der Waals surface area (Å²) in [4.78, 5) is 4.83. The van der Waals surface area contributed by atoms with Crippen molar-refractivity contribution >= 4 is 10.9 Å². The molecule has 0 bridgehead atoms. The highest BCUT2D eigenvalue weighted by Crippen LogP contribution is 2.33. The molecule has 23 heavy (non-hydrogen) atoms. The topological polar surface area (TPSA) is 36.7 Å². The minimum absolute atomic E-state index is 0.559. The van der Waals surface area contributed by atoms with Crippen molar-refractivity contribution in [3.63, 3.8) is 0 Å². The molecule has 1 aromatic heterocycles. The first kappa shape index (κ1) is 15.2. The Bertz CT molecular complexity index is 910. The summed E-state index contributed by atoms with van der Waals surface area (Å²) in [6, 6.07) is 19.0. The fourth-order valence-corrected chi connectivity index (χ4v) is 3.02. The number of nitriles is 1. The summed E-state index contributed by atoms with van der Waals surface area (Å²) >= 11 is 0. The van der Waals surface area contributed by atoms with Crippen LogP contribution in [0.1, 0.15) is 30.5 Å². The minimum Gasteiger partial charge on any atom is -0.248 e. The Morgan fingerprint density at radius 2 is 1.61 bits per heavy atom. The standard InChI is InChI=1S/C21H20N2/c1-14-9-15(2)11-16(10-14)20-12-18(21(3,4)13-22)17-7-5-6-8-19(17)23-20/h5-12H,1-4H3. The second-order valence-corrected chi connectivity index (χ2v) is 6.69. The van der Waals surface area contributed by atoms with Crippen LogP contribution in [0.3, 0.4) is 0 Å². The monoisotopic (exact) mass is 300 g/mol. The smallest absolute Gasteiger partial charge is 0.0773 e. The fourth-order valence-electron chi connectivity index (χ4n) is 3.02. The van der Waals surface area contributed by atoms with Crippen LogP contribution in [0.2, 0.25) is 0 Å². The number of rotatable bonds is 2. The van der Waals surface area contributed by atoms with Gasteiger partial charge in [0, 0.05) is 10.9 Å². The second-order valence-electron chi connectivity index (χ2n) is 6.69. The van der Waals surface area contributed by atoms with Crippen LogP contribution in [0.5, 0.6) is 0 Å². The van der Waals surface area contributed by atoms with Crippen molar-refractivity contribution in [1.82, 2.24) is 4.98 Å². The van der Waals surface area contributed by atoms with E-state index in [1.54, 1.807) is 0 Å². The molecule has 3 rings (SSSR count). The number of hydrogen-bond acceptors (Lipinski definition) is 2. The van der Waals surface area contributed by atoms with Gasteiger partial charge in [0.2, 0.25) is 0 Å². The predicted octanol–water partition coefficient (Wildman–Crippen LogP) is 5.32. The van der Waals surface area contributed by atoms with E-state index in [-0.39, 0.29) is 0 Å². The Labute approximate surface area is 137 Å². The van der Waals surface area contributed by atoms with Gasteiger partial charge in [-0.05, 0) is 57.5 Å². The van der Waals surface area contributed by atoms with Crippen molar-refractivity contribution in [2.24, 2.45) is 0 Å². The molecule has 0 fully saturated rings. The lowest BCUT2D eigenvalue weighted by molar-refractivity contribution is 0.693. The van der Waals surface area contributed by atoms with Crippen LogP contribution in [0.25, 0.3) is 22.2 Å². The summed E-state index contributed by atoms with van der Waals surface area (Å²) in [5, 5.41) is 10.6. The molecule has 0 amide bonds. The lowest BCUT2D eigenvalue weighted by Crippen LogP contribution is -2.15. The number of benzene rings is 2. The molecule has 0 aliphatic heterocycles. The van der Waals surface area contributed by atoms with Crippen LogP contribution in [0.4, 0.5) is 0 Å². The highest BCUT2D eigenvalue weighted by atomic mass is 14.7. The van der Waals surface area contributed by atoms with Crippen LogP contribution >= 0.6 is 0 Å². The fraction of sp³-hybridized carbons (Fsp3) is 0.238. The number of aromatic nitrogens is 1. The van der Waals surface area contributed by atoms with E-state index in [1.807, 2.05) is 38.1 Å². The maximum atomic E-state index is 9.59. The van der Waals surface area contributed by atoms with Gasteiger partial charge in [-0.15, -0.1) is 0 Å². The number of nitrogens with zero attached hydrogens (tertiary/aromatic N) is 2. The zero-order valence-electron chi connectivity index (χ0n) is 14.0. The Morgan fingerprint density at radius 1 is 0.957 bits per heavy atom. The Hall–Kier alpha value is -2.66. The van der Waals surface area contributed by atoms with Gasteiger partial charge in [-0.25, -0.2) is 4.98 Å². The van der Waals surface area contributed by atoms with Crippen molar-refractivity contribution in [2.75, 3.05) is 0 Å². The predicted molar refractivity (Wildman–Crippen MR) is 95.3 cm³/mol. The summed E-state index contributed by atoms with van der Waals surface area (Å²) in [5.41, 5.74) is 5.86. The number of fused-ring (bicyclic) bond motifs is 1. The zero-order valence-corrected chi connectivity index (χ0v) is 14.0. The molecule has 0 aliphatic rings. The quantitative estimate of drug-likeness (QED) is 0.642. The minimum atomic E-state index is -0.559. The molecule has 0 spiro atoms. The summed E-state index contributed by atoms with van der Waals surface area (Å²) in [5.74, 6) is 0. The van der Waals surface area contributed by atoms with E-state index in [2.05, 4.69) is 44.2 Å². The van der Waals surface area contributed by atoms with Crippen molar-refractivity contribution in [1.29, 1.82) is 5.26 Å². The first-order chi connectivity index (χ1) is 10.9. The normalized spacial score (nSPS) is 11.4. The van der Waals surface area contributed by atoms with Crippen LogP contribution < -0.4 is 0 Å². The Morgan fingerprint density at radius 3 is 2.26 bits per heavy atom. The summed E-state index contributed by atoms with van der Waals surface area (Å²) < 4.78 is 0. The van der Waals surface area contributed by atoms with E-state index in [4.69, 9.17) is 4.98 Å². The van der Waals surface area contributed by atoms with Crippen LogP contribution in [-0.4, -0.2) is 4.98 Å². The molecule has 2 heteroatoms. The molecule has 3 aromatic rings. The average molecular weight is 300 g/mol. The van der Waals surface area contributed by atoms with Gasteiger partial charge < -0.3 is 0 Å². The van der Waals surface area contributed by atoms with Gasteiger partial charge >= 0.3 is 0 Å². The molecule has 114 valence electrons. The molecule has 1 heterocycles. The van der Waals surface area contributed by atoms with E-state index >= 15 is 0 Å². The molecule has 0 aliphatic carbocycles. The van der Waals surface area contributed by atoms with Gasteiger partial charge in [0.25, 0.3) is 0 Å². The first-order valence-electron chi connectivity index (χ1n) is 7.81. The maximum absolute atomic E-state index is 9.59. The third-order valence-corrected chi connectivity index (χ3v) is 4.19. The number of para-hydroxylation sites is 1. The van der Waals surface area contributed by atoms with Crippen LogP contribution in [0, 0.1) is 25.2 Å². The highest BCUT2D eigenvalue weighted by Gasteiger charge is 2.23. The molecular weight excluding hydrogens is 280 g/mol. The molecule has 0 unspecified atom stereocenters. The van der Waals surface area contributed by atoms with E-state index in [0.717, 1.165) is 27.7 Å². The Kier molecular flexibility index (Phi) is 3.66. The van der Waals surface area contributed by atoms with Gasteiger partial charge in [-0.2, -0.15) is 5.26 Å². The molecular formula is C21H20N2. The van der Waals surface area contributed by atoms with Crippen molar-refractivity contribution in [2.45, 2.75) is 33.1 Å². The first-order valence-corrected chi connectivity index (χ1v) is 7.81. The van der Waals surface area contributed by atoms with Crippen molar-refractivity contribution in [3.8, 4) is 17.3 Å². The largest absolute Gasteiger partial charge is 0.248 e. The van der Waals surface area contributed by atoms with Crippen molar-refractivity contribution in [3.05, 3.63) is 65.2 Å². The third kappa shape index (κ3) is 2.83. The van der Waals surface area contributed by atoms with Crippen LogP contribution in [-0.2, 0) is 5.41 Å². The van der Waals surface area contributed by atoms with Gasteiger partial charge in [-0.1, -0.05) is 35.4 Å². The Balaban J connectivity index is 2.33. The van der Waals surface area contributed by atoms with Gasteiger partial charge in [0.05, 0.1) is 22.7 Å². The van der Waals surface area contributed by atoms with Crippen molar-refractivity contribution < 1.29 is 0 Å². The molecule has 0 atom stereocenters. The van der Waals surface area contributed by atoms with Gasteiger partial charge in [0.15, 0.2) is 0 Å². The van der Waals surface area contributed by atoms with Crippen LogP contribution in [0.15, 0.2) is 48.5 Å². The van der Waals surface area contributed by atoms with Gasteiger partial charge in [0.1, 0.15) is 0 Å². The van der Waals surface area contributed by atoms with E-state index < -0.39 is 5.41 Å². The zero-order chi connectivity index (χ0) is 16.6. The average Bonchev–Trinajstić information content (AvgIpc) is 2.52. The molecule has 2 nitrogen and oxygen atoms in total. The van der Waals surface area contributed by atoms with E-state index in [9.17, 15) is 5.26 Å². The molecule has 0 saturated heterocycles. The third-order valence-electron chi connectivity index (χ3n) is 4.19. The molecule has 0 radical (unpaired) electrons. The number of pyridine rings is 1. The summed E-state index contributed by atoms with van der Waals surface area (Å²) in [7, 11) is 0. The van der Waals surface area contributed by atoms with Gasteiger partial charge in [-0.3, -0.25) is 0 Å². The molecule has 0 saturated carbocycles. The number of aryl methyl sites for hydroxylation is 2. The lowest BCUT2D eigenvalue weighted by atomic mass is 9.83. The summed E-state index contributed by atoms with van der Waals surface area (Å²) in [6.07, 6.45) is 0.